The molecule has 1 fully saturated rings. The maximum absolute atomic E-state index is 6.10. The van der Waals surface area contributed by atoms with Gasteiger partial charge in [0.1, 0.15) is 0 Å². The van der Waals surface area contributed by atoms with Gasteiger partial charge in [-0.05, 0) is 30.6 Å². The lowest BCUT2D eigenvalue weighted by molar-refractivity contribution is 0.147. The average molecular weight is 155 g/mol. The molecule has 0 amide bonds. The van der Waals surface area contributed by atoms with Crippen LogP contribution in [0.25, 0.3) is 0 Å². The molecule has 66 valence electrons. The SMILES string of the molecule is CCC(C)C(N)C1CC(C)C1. The number of nitrogens with two attached hydrogens (primary N) is 1. The van der Waals surface area contributed by atoms with Gasteiger partial charge in [0.05, 0.1) is 0 Å². The first-order chi connectivity index (χ1) is 5.15. The Kier molecular flexibility index (Phi) is 2.94. The Morgan fingerprint density at radius 3 is 2.36 bits per heavy atom. The van der Waals surface area contributed by atoms with Gasteiger partial charge < -0.3 is 5.73 Å². The molecule has 1 saturated carbocycles. The normalized spacial score (nSPS) is 36.0. The summed E-state index contributed by atoms with van der Waals surface area (Å²) < 4.78 is 0. The van der Waals surface area contributed by atoms with E-state index in [-0.39, 0.29) is 0 Å². The van der Waals surface area contributed by atoms with E-state index in [1.54, 1.807) is 0 Å². The Bertz CT molecular complexity index is 116. The monoisotopic (exact) mass is 155 g/mol. The molecule has 1 aliphatic carbocycles. The second-order valence-electron chi connectivity index (χ2n) is 4.30. The van der Waals surface area contributed by atoms with Crippen molar-refractivity contribution in [2.24, 2.45) is 23.5 Å². The molecule has 1 rings (SSSR count). The molecule has 1 nitrogen and oxygen atoms in total. The summed E-state index contributed by atoms with van der Waals surface area (Å²) in [5, 5.41) is 0. The van der Waals surface area contributed by atoms with Gasteiger partial charge >= 0.3 is 0 Å². The maximum atomic E-state index is 6.10. The predicted molar refractivity (Wildman–Crippen MR) is 49.3 cm³/mol. The smallest absolute Gasteiger partial charge is 0.00930 e. The molecular formula is C10H21N. The van der Waals surface area contributed by atoms with Crippen molar-refractivity contribution in [2.45, 2.75) is 46.1 Å². The highest BCUT2D eigenvalue weighted by Crippen LogP contribution is 2.37. The van der Waals surface area contributed by atoms with Gasteiger partial charge in [0.2, 0.25) is 0 Å². The average Bonchev–Trinajstić information content (AvgIpc) is 1.96. The van der Waals surface area contributed by atoms with Crippen molar-refractivity contribution in [1.82, 2.24) is 0 Å². The summed E-state index contributed by atoms with van der Waals surface area (Å²) >= 11 is 0. The van der Waals surface area contributed by atoms with Crippen LogP contribution in [-0.4, -0.2) is 6.04 Å². The van der Waals surface area contributed by atoms with Gasteiger partial charge in [-0.15, -0.1) is 0 Å². The highest BCUT2D eigenvalue weighted by atomic mass is 14.7. The molecule has 11 heavy (non-hydrogen) atoms. The zero-order valence-electron chi connectivity index (χ0n) is 8.01. The molecule has 2 atom stereocenters. The molecule has 2 unspecified atom stereocenters. The first-order valence-electron chi connectivity index (χ1n) is 4.90. The summed E-state index contributed by atoms with van der Waals surface area (Å²) in [6.07, 6.45) is 3.96. The Morgan fingerprint density at radius 1 is 1.45 bits per heavy atom. The van der Waals surface area contributed by atoms with Crippen LogP contribution in [0.1, 0.15) is 40.0 Å². The third-order valence-corrected chi connectivity index (χ3v) is 3.26. The van der Waals surface area contributed by atoms with Crippen molar-refractivity contribution in [3.63, 3.8) is 0 Å². The van der Waals surface area contributed by atoms with Gasteiger partial charge in [0.15, 0.2) is 0 Å². The minimum atomic E-state index is 0.469. The standard InChI is InChI=1S/C10H21N/c1-4-8(3)10(11)9-5-7(2)6-9/h7-10H,4-6,11H2,1-3H3. The summed E-state index contributed by atoms with van der Waals surface area (Å²) in [5.41, 5.74) is 6.10. The van der Waals surface area contributed by atoms with E-state index in [0.717, 1.165) is 11.8 Å². The Hall–Kier alpha value is -0.0400. The zero-order valence-corrected chi connectivity index (χ0v) is 8.01. The number of rotatable bonds is 3. The van der Waals surface area contributed by atoms with Crippen molar-refractivity contribution in [3.05, 3.63) is 0 Å². The molecular weight excluding hydrogens is 134 g/mol. The first-order valence-corrected chi connectivity index (χ1v) is 4.90. The summed E-state index contributed by atoms with van der Waals surface area (Å²) in [6.45, 7) is 6.82. The molecule has 0 spiro atoms. The van der Waals surface area contributed by atoms with E-state index in [0.29, 0.717) is 12.0 Å². The summed E-state index contributed by atoms with van der Waals surface area (Å²) in [6, 6.07) is 0.469. The van der Waals surface area contributed by atoms with Crippen molar-refractivity contribution in [2.75, 3.05) is 0 Å². The third-order valence-electron chi connectivity index (χ3n) is 3.26. The van der Waals surface area contributed by atoms with Gasteiger partial charge in [0, 0.05) is 6.04 Å². The van der Waals surface area contributed by atoms with E-state index in [1.807, 2.05) is 0 Å². The van der Waals surface area contributed by atoms with E-state index in [4.69, 9.17) is 5.73 Å². The van der Waals surface area contributed by atoms with Crippen molar-refractivity contribution >= 4 is 0 Å². The van der Waals surface area contributed by atoms with E-state index < -0.39 is 0 Å². The van der Waals surface area contributed by atoms with E-state index in [2.05, 4.69) is 20.8 Å². The van der Waals surface area contributed by atoms with Crippen molar-refractivity contribution < 1.29 is 0 Å². The molecule has 0 aromatic heterocycles. The molecule has 2 N–H and O–H groups in total. The molecule has 0 radical (unpaired) electrons. The highest BCUT2D eigenvalue weighted by Gasteiger charge is 2.32. The minimum Gasteiger partial charge on any atom is -0.327 e. The molecule has 0 saturated heterocycles. The van der Waals surface area contributed by atoms with Crippen LogP contribution >= 0.6 is 0 Å². The topological polar surface area (TPSA) is 26.0 Å². The molecule has 0 bridgehead atoms. The van der Waals surface area contributed by atoms with Crippen LogP contribution in [0.5, 0.6) is 0 Å². The second kappa shape index (κ2) is 3.57. The van der Waals surface area contributed by atoms with Gasteiger partial charge in [-0.2, -0.15) is 0 Å². The van der Waals surface area contributed by atoms with Crippen LogP contribution in [0.4, 0.5) is 0 Å². The van der Waals surface area contributed by atoms with Crippen LogP contribution in [0, 0.1) is 17.8 Å². The second-order valence-corrected chi connectivity index (χ2v) is 4.30. The lowest BCUT2D eigenvalue weighted by Gasteiger charge is -2.39. The quantitative estimate of drug-likeness (QED) is 0.665. The van der Waals surface area contributed by atoms with Crippen molar-refractivity contribution in [1.29, 1.82) is 0 Å². The third kappa shape index (κ3) is 1.96. The van der Waals surface area contributed by atoms with Crippen molar-refractivity contribution in [3.8, 4) is 0 Å². The minimum absolute atomic E-state index is 0.469. The zero-order chi connectivity index (χ0) is 8.43. The fourth-order valence-corrected chi connectivity index (χ4v) is 2.02. The fraction of sp³-hybridized carbons (Fsp3) is 1.00. The van der Waals surface area contributed by atoms with E-state index in [9.17, 15) is 0 Å². The van der Waals surface area contributed by atoms with Gasteiger partial charge in [0.25, 0.3) is 0 Å². The summed E-state index contributed by atoms with van der Waals surface area (Å²) in [4.78, 5) is 0. The van der Waals surface area contributed by atoms with E-state index in [1.165, 1.54) is 19.3 Å². The highest BCUT2D eigenvalue weighted by molar-refractivity contribution is 4.86. The number of hydrogen-bond donors (Lipinski definition) is 1. The molecule has 0 heterocycles. The van der Waals surface area contributed by atoms with Gasteiger partial charge in [-0.1, -0.05) is 27.2 Å². The fourth-order valence-electron chi connectivity index (χ4n) is 2.02. The molecule has 0 aromatic carbocycles. The Morgan fingerprint density at radius 2 is 2.00 bits per heavy atom. The van der Waals surface area contributed by atoms with Crippen LogP contribution in [0.3, 0.4) is 0 Å². The van der Waals surface area contributed by atoms with Crippen LogP contribution in [0.15, 0.2) is 0 Å². The molecule has 1 aliphatic rings. The predicted octanol–water partition coefficient (Wildman–Crippen LogP) is 2.41. The summed E-state index contributed by atoms with van der Waals surface area (Å²) in [5.74, 6) is 2.49. The lowest BCUT2D eigenvalue weighted by atomic mass is 9.69. The molecule has 0 aromatic rings. The first kappa shape index (κ1) is 9.05. The lowest BCUT2D eigenvalue weighted by Crippen LogP contribution is -2.42. The van der Waals surface area contributed by atoms with Crippen LogP contribution in [0.2, 0.25) is 0 Å². The van der Waals surface area contributed by atoms with Crippen LogP contribution < -0.4 is 5.73 Å². The summed E-state index contributed by atoms with van der Waals surface area (Å²) in [7, 11) is 0. The van der Waals surface area contributed by atoms with Gasteiger partial charge in [-0.25, -0.2) is 0 Å². The van der Waals surface area contributed by atoms with Gasteiger partial charge in [-0.3, -0.25) is 0 Å². The number of hydrogen-bond acceptors (Lipinski definition) is 1. The molecule has 1 heteroatoms. The van der Waals surface area contributed by atoms with Crippen LogP contribution in [-0.2, 0) is 0 Å². The Labute approximate surface area is 70.4 Å². The molecule has 0 aliphatic heterocycles. The van der Waals surface area contributed by atoms with E-state index >= 15 is 0 Å². The maximum Gasteiger partial charge on any atom is 0.00930 e. The largest absolute Gasteiger partial charge is 0.327 e. The Balaban J connectivity index is 2.25.